The first-order chi connectivity index (χ1) is 13.6. The number of amides is 4. The van der Waals surface area contributed by atoms with Crippen LogP contribution in [-0.4, -0.2) is 83.8 Å². The molecule has 1 aromatic rings. The van der Waals surface area contributed by atoms with Crippen molar-refractivity contribution >= 4 is 23.6 Å². The average molecular weight is 401 g/mol. The number of rotatable bonds is 4. The van der Waals surface area contributed by atoms with Gasteiger partial charge in [0.15, 0.2) is 0 Å². The number of benzene rings is 1. The van der Waals surface area contributed by atoms with Crippen LogP contribution >= 0.6 is 0 Å². The highest BCUT2D eigenvalue weighted by Crippen LogP contribution is 2.30. The molecule has 29 heavy (non-hydrogen) atoms. The molecule has 0 atom stereocenters. The maximum absolute atomic E-state index is 12.9. The number of carbonyl (C=O) groups is 4. The van der Waals surface area contributed by atoms with Crippen molar-refractivity contribution in [1.82, 2.24) is 14.7 Å². The van der Waals surface area contributed by atoms with E-state index in [1.807, 2.05) is 0 Å². The maximum Gasteiger partial charge on any atom is 0.262 e. The third-order valence-corrected chi connectivity index (χ3v) is 5.24. The van der Waals surface area contributed by atoms with Crippen LogP contribution in [0.3, 0.4) is 0 Å². The van der Waals surface area contributed by atoms with Crippen molar-refractivity contribution in [3.8, 4) is 0 Å². The molecular weight excluding hydrogens is 374 g/mol. The number of ether oxygens (including phenoxy) is 1. The molecule has 8 nitrogen and oxygen atoms in total. The minimum absolute atomic E-state index is 0.0165. The molecule has 0 unspecified atom stereocenters. The van der Waals surface area contributed by atoms with Gasteiger partial charge in [-0.3, -0.25) is 24.1 Å². The molecule has 0 radical (unpaired) electrons. The molecule has 0 aliphatic carbocycles. The van der Waals surface area contributed by atoms with Crippen LogP contribution in [0, 0.1) is 0 Å². The zero-order chi connectivity index (χ0) is 21.3. The monoisotopic (exact) mass is 401 g/mol. The van der Waals surface area contributed by atoms with Crippen LogP contribution in [0.5, 0.6) is 0 Å². The Morgan fingerprint density at radius 2 is 1.55 bits per heavy atom. The van der Waals surface area contributed by atoms with Gasteiger partial charge in [0.05, 0.1) is 24.2 Å². The first kappa shape index (κ1) is 21.0. The second-order valence-corrected chi connectivity index (χ2v) is 8.29. The van der Waals surface area contributed by atoms with E-state index in [-0.39, 0.29) is 29.2 Å². The highest BCUT2D eigenvalue weighted by molar-refractivity contribution is 6.22. The van der Waals surface area contributed by atoms with E-state index in [1.165, 1.54) is 11.0 Å². The zero-order valence-corrected chi connectivity index (χ0v) is 17.4. The minimum Gasteiger partial charge on any atom is -0.384 e. The van der Waals surface area contributed by atoms with Crippen molar-refractivity contribution in [2.75, 3.05) is 39.9 Å². The number of methoxy groups -OCH3 is 1. The van der Waals surface area contributed by atoms with Crippen molar-refractivity contribution in [1.29, 1.82) is 0 Å². The summed E-state index contributed by atoms with van der Waals surface area (Å²) in [7, 11) is 1.56. The molecule has 0 bridgehead atoms. The molecular formula is C21H27N3O5. The Morgan fingerprint density at radius 1 is 0.966 bits per heavy atom. The van der Waals surface area contributed by atoms with Crippen LogP contribution in [0.15, 0.2) is 18.2 Å². The number of nitrogens with zero attached hydrogens (tertiary/aromatic N) is 3. The third kappa shape index (κ3) is 4.03. The van der Waals surface area contributed by atoms with Gasteiger partial charge in [0.25, 0.3) is 17.7 Å². The summed E-state index contributed by atoms with van der Waals surface area (Å²) in [4.78, 5) is 54.9. The van der Waals surface area contributed by atoms with Crippen LogP contribution in [-0.2, 0) is 9.53 Å². The Hall–Kier alpha value is -2.74. The van der Waals surface area contributed by atoms with E-state index in [0.717, 1.165) is 0 Å². The molecule has 8 heteroatoms. The molecule has 2 aliphatic rings. The summed E-state index contributed by atoms with van der Waals surface area (Å²) in [5.74, 6) is -0.894. The second kappa shape index (κ2) is 7.94. The Balaban J connectivity index is 1.70. The van der Waals surface area contributed by atoms with Gasteiger partial charge in [-0.25, -0.2) is 0 Å². The van der Waals surface area contributed by atoms with E-state index in [1.54, 1.807) is 49.8 Å². The number of piperazine rings is 1. The topological polar surface area (TPSA) is 87.2 Å². The van der Waals surface area contributed by atoms with Crippen LogP contribution in [0.25, 0.3) is 0 Å². The predicted molar refractivity (Wildman–Crippen MR) is 106 cm³/mol. The van der Waals surface area contributed by atoms with Gasteiger partial charge < -0.3 is 14.5 Å². The van der Waals surface area contributed by atoms with Crippen molar-refractivity contribution in [2.45, 2.75) is 32.7 Å². The lowest BCUT2D eigenvalue weighted by molar-refractivity contribution is -0.133. The van der Waals surface area contributed by atoms with Gasteiger partial charge in [0.1, 0.15) is 0 Å². The molecule has 4 amide bonds. The van der Waals surface area contributed by atoms with Crippen LogP contribution < -0.4 is 0 Å². The quantitative estimate of drug-likeness (QED) is 0.712. The molecule has 1 fully saturated rings. The van der Waals surface area contributed by atoms with E-state index in [4.69, 9.17) is 4.74 Å². The van der Waals surface area contributed by atoms with E-state index in [9.17, 15) is 19.2 Å². The Kier molecular flexibility index (Phi) is 5.75. The summed E-state index contributed by atoms with van der Waals surface area (Å²) in [6.45, 7) is 7.57. The van der Waals surface area contributed by atoms with Gasteiger partial charge in [-0.05, 0) is 39.0 Å². The summed E-state index contributed by atoms with van der Waals surface area (Å²) >= 11 is 0. The van der Waals surface area contributed by atoms with Crippen LogP contribution in [0.4, 0.5) is 0 Å². The minimum atomic E-state index is -0.636. The summed E-state index contributed by atoms with van der Waals surface area (Å²) in [6.07, 6.45) is 0.329. The zero-order valence-electron chi connectivity index (χ0n) is 17.4. The lowest BCUT2D eigenvalue weighted by Gasteiger charge is -2.35. The highest BCUT2D eigenvalue weighted by atomic mass is 16.5. The molecule has 0 N–H and O–H groups in total. The molecule has 0 aromatic heterocycles. The largest absolute Gasteiger partial charge is 0.384 e. The van der Waals surface area contributed by atoms with Crippen molar-refractivity contribution in [3.63, 3.8) is 0 Å². The summed E-state index contributed by atoms with van der Waals surface area (Å²) in [6, 6.07) is 4.66. The fourth-order valence-electron chi connectivity index (χ4n) is 3.67. The van der Waals surface area contributed by atoms with E-state index < -0.39 is 5.54 Å². The van der Waals surface area contributed by atoms with E-state index in [2.05, 4.69) is 0 Å². The van der Waals surface area contributed by atoms with Gasteiger partial charge in [0.2, 0.25) is 5.91 Å². The van der Waals surface area contributed by atoms with Crippen LogP contribution in [0.1, 0.15) is 58.3 Å². The molecule has 1 saturated heterocycles. The molecule has 1 aromatic carbocycles. The number of hydrogen-bond donors (Lipinski definition) is 0. The maximum atomic E-state index is 12.9. The Labute approximate surface area is 170 Å². The van der Waals surface area contributed by atoms with E-state index in [0.29, 0.717) is 50.3 Å². The molecule has 2 aliphatic heterocycles. The smallest absolute Gasteiger partial charge is 0.262 e. The number of fused-ring (bicyclic) bond motifs is 1. The van der Waals surface area contributed by atoms with Gasteiger partial charge >= 0.3 is 0 Å². The van der Waals surface area contributed by atoms with Crippen molar-refractivity contribution in [2.24, 2.45) is 0 Å². The molecule has 156 valence electrons. The van der Waals surface area contributed by atoms with Gasteiger partial charge in [-0.2, -0.15) is 0 Å². The van der Waals surface area contributed by atoms with Gasteiger partial charge in [-0.15, -0.1) is 0 Å². The third-order valence-electron chi connectivity index (χ3n) is 5.24. The summed E-state index contributed by atoms with van der Waals surface area (Å²) in [5, 5.41) is 0. The molecule has 0 spiro atoms. The Bertz CT molecular complexity index is 850. The Morgan fingerprint density at radius 3 is 2.14 bits per heavy atom. The number of carbonyl (C=O) groups excluding carboxylic acids is 4. The fraction of sp³-hybridized carbons (Fsp3) is 0.524. The molecule has 2 heterocycles. The molecule has 0 saturated carbocycles. The number of imide groups is 1. The standard InChI is InChI=1S/C21H27N3O5/c1-21(2,3)24-19(27)15-6-5-14(13-16(15)20(24)28)18(26)23-10-8-22(9-11-23)17(25)7-12-29-4/h5-6,13H,7-12H2,1-4H3. The predicted octanol–water partition coefficient (Wildman–Crippen LogP) is 1.40. The first-order valence-corrected chi connectivity index (χ1v) is 9.74. The van der Waals surface area contributed by atoms with Crippen LogP contribution in [0.2, 0.25) is 0 Å². The van der Waals surface area contributed by atoms with Gasteiger partial charge in [0, 0.05) is 44.4 Å². The second-order valence-electron chi connectivity index (χ2n) is 8.29. The average Bonchev–Trinajstić information content (AvgIpc) is 2.95. The lowest BCUT2D eigenvalue weighted by atomic mass is 10.0. The highest BCUT2D eigenvalue weighted by Gasteiger charge is 2.42. The van der Waals surface area contributed by atoms with Crippen molar-refractivity contribution in [3.05, 3.63) is 34.9 Å². The van der Waals surface area contributed by atoms with Gasteiger partial charge in [-0.1, -0.05) is 0 Å². The number of hydrogen-bond acceptors (Lipinski definition) is 5. The molecule has 3 rings (SSSR count). The van der Waals surface area contributed by atoms with Crippen molar-refractivity contribution < 1.29 is 23.9 Å². The summed E-state index contributed by atoms with van der Waals surface area (Å²) < 4.78 is 4.93. The fourth-order valence-corrected chi connectivity index (χ4v) is 3.67. The normalized spacial score (nSPS) is 17.0. The first-order valence-electron chi connectivity index (χ1n) is 9.74. The van der Waals surface area contributed by atoms with E-state index >= 15 is 0 Å². The SMILES string of the molecule is COCCC(=O)N1CCN(C(=O)c2ccc3c(c2)C(=O)N(C(C)(C)C)C3=O)CC1. The lowest BCUT2D eigenvalue weighted by Crippen LogP contribution is -2.50. The summed E-state index contributed by atoms with van der Waals surface area (Å²) in [5.41, 5.74) is 0.335.